The SMILES string of the molecule is CCOc1cc(/C=C/C(=O)N(C)Cc2cc(C)ccc2OC)cc(Cl)c1OC. The molecule has 2 aromatic carbocycles. The summed E-state index contributed by atoms with van der Waals surface area (Å²) in [7, 11) is 4.91. The van der Waals surface area contributed by atoms with E-state index in [9.17, 15) is 4.79 Å². The third kappa shape index (κ3) is 5.42. The van der Waals surface area contributed by atoms with E-state index in [0.29, 0.717) is 29.7 Å². The molecule has 0 saturated carbocycles. The van der Waals surface area contributed by atoms with Crippen LogP contribution in [0.2, 0.25) is 5.02 Å². The highest BCUT2D eigenvalue weighted by molar-refractivity contribution is 6.32. The molecule has 0 aliphatic carbocycles. The summed E-state index contributed by atoms with van der Waals surface area (Å²) in [5, 5.41) is 0.429. The van der Waals surface area contributed by atoms with E-state index in [-0.39, 0.29) is 5.91 Å². The number of methoxy groups -OCH3 is 2. The van der Waals surface area contributed by atoms with Crippen LogP contribution in [0.15, 0.2) is 36.4 Å². The summed E-state index contributed by atoms with van der Waals surface area (Å²) in [5.41, 5.74) is 2.82. The fraction of sp³-hybridized carbons (Fsp3) is 0.318. The molecule has 5 nitrogen and oxygen atoms in total. The number of aryl methyl sites for hydroxylation is 1. The fourth-order valence-corrected chi connectivity index (χ4v) is 3.10. The van der Waals surface area contributed by atoms with Gasteiger partial charge in [-0.1, -0.05) is 29.3 Å². The van der Waals surface area contributed by atoms with Crippen molar-refractivity contribution in [3.8, 4) is 17.2 Å². The molecule has 0 N–H and O–H groups in total. The Morgan fingerprint density at radius 1 is 1.14 bits per heavy atom. The molecule has 0 aromatic heterocycles. The Balaban J connectivity index is 2.16. The average Bonchev–Trinajstić information content (AvgIpc) is 2.66. The lowest BCUT2D eigenvalue weighted by atomic mass is 10.1. The van der Waals surface area contributed by atoms with Crippen molar-refractivity contribution in [3.63, 3.8) is 0 Å². The van der Waals surface area contributed by atoms with Crippen LogP contribution >= 0.6 is 11.6 Å². The lowest BCUT2D eigenvalue weighted by Gasteiger charge is -2.18. The number of halogens is 1. The minimum absolute atomic E-state index is 0.131. The Bertz CT molecular complexity index is 864. The number of carbonyl (C=O) groups is 1. The maximum Gasteiger partial charge on any atom is 0.246 e. The molecule has 0 aliphatic heterocycles. The van der Waals surface area contributed by atoms with Crippen molar-refractivity contribution in [1.82, 2.24) is 4.90 Å². The standard InChI is InChI=1S/C22H26ClNO4/c1-6-28-20-13-16(12-18(23)22(20)27-5)8-10-21(25)24(3)14-17-11-15(2)7-9-19(17)26-4/h7-13H,6,14H2,1-5H3/b10-8+. The number of carbonyl (C=O) groups excluding carboxylic acids is 1. The van der Waals surface area contributed by atoms with E-state index >= 15 is 0 Å². The lowest BCUT2D eigenvalue weighted by molar-refractivity contribution is -0.125. The molecule has 2 rings (SSSR count). The molecule has 0 atom stereocenters. The zero-order valence-electron chi connectivity index (χ0n) is 16.9. The van der Waals surface area contributed by atoms with Crippen molar-refractivity contribution in [1.29, 1.82) is 0 Å². The van der Waals surface area contributed by atoms with E-state index in [1.807, 2.05) is 32.0 Å². The zero-order chi connectivity index (χ0) is 20.7. The molecule has 6 heteroatoms. The first-order valence-corrected chi connectivity index (χ1v) is 9.34. The first-order chi connectivity index (χ1) is 13.4. The molecule has 0 spiro atoms. The molecule has 0 radical (unpaired) electrons. The Morgan fingerprint density at radius 3 is 2.54 bits per heavy atom. The van der Waals surface area contributed by atoms with Crippen LogP contribution in [0.5, 0.6) is 17.2 Å². The Kier molecular flexibility index (Phi) is 7.76. The van der Waals surface area contributed by atoms with Crippen molar-refractivity contribution >= 4 is 23.6 Å². The van der Waals surface area contributed by atoms with Crippen molar-refractivity contribution in [2.45, 2.75) is 20.4 Å². The Morgan fingerprint density at radius 2 is 1.89 bits per heavy atom. The number of likely N-dealkylation sites (N-methyl/N-ethyl adjacent to an activating group) is 1. The minimum atomic E-state index is -0.131. The van der Waals surface area contributed by atoms with Crippen molar-refractivity contribution in [3.05, 3.63) is 58.1 Å². The highest BCUT2D eigenvalue weighted by Gasteiger charge is 2.12. The van der Waals surface area contributed by atoms with Gasteiger partial charge in [0, 0.05) is 25.2 Å². The zero-order valence-corrected chi connectivity index (χ0v) is 17.7. The van der Waals surface area contributed by atoms with Crippen LogP contribution in [0.1, 0.15) is 23.6 Å². The predicted molar refractivity (Wildman–Crippen MR) is 112 cm³/mol. The first kappa shape index (κ1) is 21.6. The highest BCUT2D eigenvalue weighted by atomic mass is 35.5. The van der Waals surface area contributed by atoms with Gasteiger partial charge < -0.3 is 19.1 Å². The molecule has 0 unspecified atom stereocenters. The minimum Gasteiger partial charge on any atom is -0.496 e. The van der Waals surface area contributed by atoms with Gasteiger partial charge in [0.25, 0.3) is 0 Å². The number of ether oxygens (including phenoxy) is 3. The van der Waals surface area contributed by atoms with Crippen LogP contribution in [0, 0.1) is 6.92 Å². The van der Waals surface area contributed by atoms with E-state index in [2.05, 4.69) is 0 Å². The number of amides is 1. The summed E-state index contributed by atoms with van der Waals surface area (Å²) in [5.74, 6) is 1.66. The monoisotopic (exact) mass is 403 g/mol. The predicted octanol–water partition coefficient (Wildman–Crippen LogP) is 4.74. The van der Waals surface area contributed by atoms with E-state index in [1.165, 1.54) is 13.2 Å². The van der Waals surface area contributed by atoms with Crippen LogP contribution in [0.4, 0.5) is 0 Å². The van der Waals surface area contributed by atoms with Gasteiger partial charge in [0.2, 0.25) is 5.91 Å². The summed E-state index contributed by atoms with van der Waals surface area (Å²) in [6.07, 6.45) is 3.22. The average molecular weight is 404 g/mol. The summed E-state index contributed by atoms with van der Waals surface area (Å²) >= 11 is 6.26. The number of hydrogen-bond acceptors (Lipinski definition) is 4. The fourth-order valence-electron chi connectivity index (χ4n) is 2.80. The molecule has 2 aromatic rings. The molecule has 28 heavy (non-hydrogen) atoms. The molecule has 0 fully saturated rings. The Labute approximate surface area is 171 Å². The number of nitrogens with zero attached hydrogens (tertiary/aromatic N) is 1. The maximum atomic E-state index is 12.5. The molecule has 0 saturated heterocycles. The van der Waals surface area contributed by atoms with Crippen molar-refractivity contribution in [2.75, 3.05) is 27.9 Å². The summed E-state index contributed by atoms with van der Waals surface area (Å²) in [4.78, 5) is 14.2. The lowest BCUT2D eigenvalue weighted by Crippen LogP contribution is -2.24. The van der Waals surface area contributed by atoms with Gasteiger partial charge in [-0.05, 0) is 43.7 Å². The quantitative estimate of drug-likeness (QED) is 0.597. The second-order valence-electron chi connectivity index (χ2n) is 6.31. The summed E-state index contributed by atoms with van der Waals surface area (Å²) < 4.78 is 16.2. The second-order valence-corrected chi connectivity index (χ2v) is 6.72. The van der Waals surface area contributed by atoms with Crippen molar-refractivity contribution in [2.24, 2.45) is 0 Å². The summed E-state index contributed by atoms with van der Waals surface area (Å²) in [6.45, 7) is 4.82. The van der Waals surface area contributed by atoms with Gasteiger partial charge in [-0.15, -0.1) is 0 Å². The van der Waals surface area contributed by atoms with E-state index in [0.717, 1.165) is 22.4 Å². The van der Waals surface area contributed by atoms with Gasteiger partial charge in [0.1, 0.15) is 5.75 Å². The molecule has 0 heterocycles. The van der Waals surface area contributed by atoms with Gasteiger partial charge in [-0.25, -0.2) is 0 Å². The van der Waals surface area contributed by atoms with Crippen LogP contribution in [-0.2, 0) is 11.3 Å². The van der Waals surface area contributed by atoms with Gasteiger partial charge in [0.15, 0.2) is 11.5 Å². The molecular formula is C22H26ClNO4. The third-order valence-electron chi connectivity index (χ3n) is 4.17. The molecule has 0 aliphatic rings. The largest absolute Gasteiger partial charge is 0.496 e. The van der Waals surface area contributed by atoms with Gasteiger partial charge in [-0.2, -0.15) is 0 Å². The second kappa shape index (κ2) is 10.0. The van der Waals surface area contributed by atoms with Gasteiger partial charge >= 0.3 is 0 Å². The first-order valence-electron chi connectivity index (χ1n) is 8.96. The molecule has 0 bridgehead atoms. The maximum absolute atomic E-state index is 12.5. The Hall–Kier alpha value is -2.66. The van der Waals surface area contributed by atoms with Gasteiger partial charge in [-0.3, -0.25) is 4.79 Å². The van der Waals surface area contributed by atoms with Crippen molar-refractivity contribution < 1.29 is 19.0 Å². The molecule has 1 amide bonds. The van der Waals surface area contributed by atoms with Gasteiger partial charge in [0.05, 0.1) is 25.8 Å². The number of rotatable bonds is 8. The highest BCUT2D eigenvalue weighted by Crippen LogP contribution is 2.36. The smallest absolute Gasteiger partial charge is 0.246 e. The topological polar surface area (TPSA) is 48.0 Å². The number of benzene rings is 2. The number of hydrogen-bond donors (Lipinski definition) is 0. The molecule has 150 valence electrons. The molecular weight excluding hydrogens is 378 g/mol. The van der Waals surface area contributed by atoms with Crippen LogP contribution in [0.3, 0.4) is 0 Å². The normalized spacial score (nSPS) is 10.8. The van der Waals surface area contributed by atoms with E-state index in [4.69, 9.17) is 25.8 Å². The van der Waals surface area contributed by atoms with Crippen LogP contribution in [0.25, 0.3) is 6.08 Å². The van der Waals surface area contributed by atoms with Crippen LogP contribution < -0.4 is 14.2 Å². The van der Waals surface area contributed by atoms with E-state index in [1.54, 1.807) is 37.3 Å². The van der Waals surface area contributed by atoms with E-state index < -0.39 is 0 Å². The van der Waals surface area contributed by atoms with Crippen LogP contribution in [-0.4, -0.2) is 38.7 Å². The summed E-state index contributed by atoms with van der Waals surface area (Å²) in [6, 6.07) is 9.43. The third-order valence-corrected chi connectivity index (χ3v) is 4.45.